The van der Waals surface area contributed by atoms with Crippen molar-refractivity contribution in [2.75, 3.05) is 0 Å². The highest BCUT2D eigenvalue weighted by Crippen LogP contribution is 2.18. The van der Waals surface area contributed by atoms with Crippen molar-refractivity contribution < 1.29 is 0 Å². The highest BCUT2D eigenvalue weighted by Gasteiger charge is 2.08. The average Bonchev–Trinajstić information content (AvgIpc) is 2.25. The van der Waals surface area contributed by atoms with E-state index >= 15 is 0 Å². The van der Waals surface area contributed by atoms with E-state index in [1.165, 1.54) is 25.7 Å². The van der Waals surface area contributed by atoms with Crippen LogP contribution in [-0.4, -0.2) is 10.2 Å². The molecule has 1 unspecified atom stereocenters. The Morgan fingerprint density at radius 1 is 1.40 bits per heavy atom. The number of nitrogens with one attached hydrogen (secondary N) is 1. The van der Waals surface area contributed by atoms with Gasteiger partial charge >= 0.3 is 0 Å². The predicted octanol–water partition coefficient (Wildman–Crippen LogP) is 2.84. The molecule has 1 N–H and O–H groups in total. The minimum Gasteiger partial charge on any atom is -0.268 e. The molecule has 3 nitrogen and oxygen atoms in total. The van der Waals surface area contributed by atoms with Gasteiger partial charge in [-0.3, -0.25) is 4.79 Å². The minimum atomic E-state index is -0.0412. The maximum Gasteiger partial charge on any atom is 0.267 e. The lowest BCUT2D eigenvalue weighted by atomic mass is 9.96. The molecule has 0 aliphatic rings. The molecule has 1 atom stereocenters. The molecule has 3 heteroatoms. The topological polar surface area (TPSA) is 45.8 Å². The quantitative estimate of drug-likeness (QED) is 0.731. The number of hydrogen-bond donors (Lipinski definition) is 1. The molecule has 0 aliphatic carbocycles. The molecule has 0 radical (unpaired) electrons. The first-order chi connectivity index (χ1) is 7.25. The molecule has 0 spiro atoms. The molecule has 1 rings (SSSR count). The third-order valence-corrected chi connectivity index (χ3v) is 2.78. The maximum absolute atomic E-state index is 11.4. The van der Waals surface area contributed by atoms with E-state index in [2.05, 4.69) is 24.0 Å². The van der Waals surface area contributed by atoms with Gasteiger partial charge in [-0.25, -0.2) is 5.10 Å². The Bertz CT molecular complexity index is 332. The van der Waals surface area contributed by atoms with Gasteiger partial charge in [0.2, 0.25) is 0 Å². The van der Waals surface area contributed by atoms with Crippen molar-refractivity contribution in [3.05, 3.63) is 28.2 Å². The molecule has 84 valence electrons. The van der Waals surface area contributed by atoms with E-state index in [4.69, 9.17) is 0 Å². The molecule has 0 bridgehead atoms. The molecule has 1 aromatic heterocycles. The van der Waals surface area contributed by atoms with Gasteiger partial charge in [0.05, 0.1) is 0 Å². The summed E-state index contributed by atoms with van der Waals surface area (Å²) in [6, 6.07) is 1.82. The van der Waals surface area contributed by atoms with Crippen molar-refractivity contribution in [3.63, 3.8) is 0 Å². The third kappa shape index (κ3) is 3.86. The van der Waals surface area contributed by atoms with Crippen LogP contribution < -0.4 is 5.56 Å². The second kappa shape index (κ2) is 6.38. The van der Waals surface area contributed by atoms with E-state index in [0.29, 0.717) is 5.92 Å². The van der Waals surface area contributed by atoms with Crippen LogP contribution >= 0.6 is 0 Å². The van der Waals surface area contributed by atoms with Gasteiger partial charge in [-0.05, 0) is 18.4 Å². The number of unbranched alkanes of at least 4 members (excludes halogenated alkanes) is 3. The Hall–Kier alpha value is -1.12. The van der Waals surface area contributed by atoms with Gasteiger partial charge in [-0.1, -0.05) is 39.5 Å². The molecule has 0 aliphatic heterocycles. The average molecular weight is 208 g/mol. The summed E-state index contributed by atoms with van der Waals surface area (Å²) >= 11 is 0. The first-order valence-corrected chi connectivity index (χ1v) is 5.79. The van der Waals surface area contributed by atoms with Crippen molar-refractivity contribution >= 4 is 0 Å². The number of H-pyrrole nitrogens is 1. The van der Waals surface area contributed by atoms with Gasteiger partial charge in [0.1, 0.15) is 0 Å². The van der Waals surface area contributed by atoms with Crippen molar-refractivity contribution in [1.29, 1.82) is 0 Å². The van der Waals surface area contributed by atoms with Crippen LogP contribution in [0.1, 0.15) is 57.4 Å². The lowest BCUT2D eigenvalue weighted by Gasteiger charge is -2.09. The van der Waals surface area contributed by atoms with Crippen LogP contribution in [0.4, 0.5) is 0 Å². The van der Waals surface area contributed by atoms with E-state index in [-0.39, 0.29) is 5.56 Å². The van der Waals surface area contributed by atoms with Gasteiger partial charge in [0.25, 0.3) is 5.56 Å². The van der Waals surface area contributed by atoms with Gasteiger partial charge in [0, 0.05) is 11.8 Å². The molecule has 0 fully saturated rings. The van der Waals surface area contributed by atoms with Crippen LogP contribution in [-0.2, 0) is 0 Å². The molecule has 0 saturated heterocycles. The van der Waals surface area contributed by atoms with E-state index in [0.717, 1.165) is 12.0 Å². The summed E-state index contributed by atoms with van der Waals surface area (Å²) in [6.45, 7) is 4.31. The van der Waals surface area contributed by atoms with Crippen LogP contribution in [0.5, 0.6) is 0 Å². The van der Waals surface area contributed by atoms with Crippen LogP contribution in [0.3, 0.4) is 0 Å². The molecular weight excluding hydrogens is 188 g/mol. The summed E-state index contributed by atoms with van der Waals surface area (Å²) in [6.07, 6.45) is 7.76. The van der Waals surface area contributed by atoms with Crippen molar-refractivity contribution in [1.82, 2.24) is 10.2 Å². The van der Waals surface area contributed by atoms with Crippen molar-refractivity contribution in [3.8, 4) is 0 Å². The van der Waals surface area contributed by atoms with Gasteiger partial charge in [-0.15, -0.1) is 0 Å². The summed E-state index contributed by atoms with van der Waals surface area (Å²) in [5, 5.41) is 6.18. The summed E-state index contributed by atoms with van der Waals surface area (Å²) in [7, 11) is 0. The number of nitrogens with zero attached hydrogens (tertiary/aromatic N) is 1. The molecule has 0 aromatic carbocycles. The zero-order chi connectivity index (χ0) is 11.1. The highest BCUT2D eigenvalue weighted by atomic mass is 16.1. The maximum atomic E-state index is 11.4. The smallest absolute Gasteiger partial charge is 0.267 e. The van der Waals surface area contributed by atoms with E-state index in [1.54, 1.807) is 6.20 Å². The molecule has 0 amide bonds. The first kappa shape index (κ1) is 12.0. The summed E-state index contributed by atoms with van der Waals surface area (Å²) in [5.41, 5.74) is 0.821. The van der Waals surface area contributed by atoms with Crippen LogP contribution in [0, 0.1) is 0 Å². The Morgan fingerprint density at radius 3 is 2.87 bits per heavy atom. The number of aromatic nitrogens is 2. The Morgan fingerprint density at radius 2 is 2.20 bits per heavy atom. The third-order valence-electron chi connectivity index (χ3n) is 2.78. The SMILES string of the molecule is CCCCCCC(C)c1ccn[nH]c1=O. The lowest BCUT2D eigenvalue weighted by Crippen LogP contribution is -2.15. The molecule has 1 aromatic rings. The van der Waals surface area contributed by atoms with E-state index in [9.17, 15) is 4.79 Å². The van der Waals surface area contributed by atoms with Gasteiger partial charge in [0.15, 0.2) is 0 Å². The number of hydrogen-bond acceptors (Lipinski definition) is 2. The fraction of sp³-hybridized carbons (Fsp3) is 0.667. The summed E-state index contributed by atoms with van der Waals surface area (Å²) in [5.74, 6) is 0.341. The van der Waals surface area contributed by atoms with Crippen LogP contribution in [0.15, 0.2) is 17.1 Å². The normalized spacial score (nSPS) is 12.7. The van der Waals surface area contributed by atoms with Gasteiger partial charge in [-0.2, -0.15) is 5.10 Å². The Kier molecular flexibility index (Phi) is 5.08. The standard InChI is InChI=1S/C12H20N2O/c1-3-4-5-6-7-10(2)11-8-9-13-14-12(11)15/h8-10H,3-7H2,1-2H3,(H,14,15). The monoisotopic (exact) mass is 208 g/mol. The first-order valence-electron chi connectivity index (χ1n) is 5.79. The van der Waals surface area contributed by atoms with Crippen LogP contribution in [0.2, 0.25) is 0 Å². The summed E-state index contributed by atoms with van der Waals surface area (Å²) in [4.78, 5) is 11.4. The minimum absolute atomic E-state index is 0.0412. The molecule has 1 heterocycles. The number of aromatic amines is 1. The van der Waals surface area contributed by atoms with Crippen molar-refractivity contribution in [2.24, 2.45) is 0 Å². The fourth-order valence-corrected chi connectivity index (χ4v) is 1.77. The van der Waals surface area contributed by atoms with Gasteiger partial charge < -0.3 is 0 Å². The van der Waals surface area contributed by atoms with Crippen LogP contribution in [0.25, 0.3) is 0 Å². The molecular formula is C12H20N2O. The number of rotatable bonds is 6. The zero-order valence-corrected chi connectivity index (χ0v) is 9.62. The van der Waals surface area contributed by atoms with E-state index in [1.807, 2.05) is 6.07 Å². The Labute approximate surface area is 90.9 Å². The highest BCUT2D eigenvalue weighted by molar-refractivity contribution is 5.11. The second-order valence-corrected chi connectivity index (χ2v) is 4.09. The molecule has 0 saturated carbocycles. The Balaban J connectivity index is 2.43. The van der Waals surface area contributed by atoms with E-state index < -0.39 is 0 Å². The summed E-state index contributed by atoms with van der Waals surface area (Å²) < 4.78 is 0. The second-order valence-electron chi connectivity index (χ2n) is 4.09. The predicted molar refractivity (Wildman–Crippen MR) is 62.0 cm³/mol. The fourth-order valence-electron chi connectivity index (χ4n) is 1.77. The largest absolute Gasteiger partial charge is 0.268 e. The van der Waals surface area contributed by atoms with Crippen molar-refractivity contribution in [2.45, 2.75) is 51.9 Å². The molecule has 15 heavy (non-hydrogen) atoms. The zero-order valence-electron chi connectivity index (χ0n) is 9.62. The lowest BCUT2D eigenvalue weighted by molar-refractivity contribution is 0.575.